The highest BCUT2D eigenvalue weighted by molar-refractivity contribution is 7.10. The van der Waals surface area contributed by atoms with Crippen LogP contribution in [0.2, 0.25) is 0 Å². The van der Waals surface area contributed by atoms with E-state index in [9.17, 15) is 9.59 Å². The largest absolute Gasteiger partial charge is 0.360 e. The lowest BCUT2D eigenvalue weighted by atomic mass is 10.1. The van der Waals surface area contributed by atoms with E-state index in [1.54, 1.807) is 35.6 Å². The maximum atomic E-state index is 12.4. The van der Waals surface area contributed by atoms with E-state index < -0.39 is 0 Å². The molecule has 0 radical (unpaired) electrons. The molecule has 8 heteroatoms. The average Bonchev–Trinajstić information content (AvgIpc) is 3.21. The van der Waals surface area contributed by atoms with Crippen LogP contribution in [0.25, 0.3) is 0 Å². The lowest BCUT2D eigenvalue weighted by molar-refractivity contribution is -0.130. The molecule has 0 unspecified atom stereocenters. The van der Waals surface area contributed by atoms with Crippen molar-refractivity contribution in [3.63, 3.8) is 0 Å². The Morgan fingerprint density at radius 1 is 1.07 bits per heavy atom. The van der Waals surface area contributed by atoms with Gasteiger partial charge in [-0.05, 0) is 47.7 Å². The number of anilines is 2. The van der Waals surface area contributed by atoms with Crippen LogP contribution in [-0.2, 0) is 17.8 Å². The summed E-state index contributed by atoms with van der Waals surface area (Å²) in [7, 11) is 0. The number of hydrogen-bond acceptors (Lipinski definition) is 6. The molecule has 28 heavy (non-hydrogen) atoms. The lowest BCUT2D eigenvalue weighted by Gasteiger charge is -2.27. The van der Waals surface area contributed by atoms with Crippen LogP contribution in [0.5, 0.6) is 0 Å². The van der Waals surface area contributed by atoms with Gasteiger partial charge in [-0.1, -0.05) is 18.2 Å². The Bertz CT molecular complexity index is 972. The molecule has 142 valence electrons. The quantitative estimate of drug-likeness (QED) is 0.696. The number of rotatable bonds is 5. The molecule has 1 aromatic carbocycles. The minimum Gasteiger partial charge on any atom is -0.360 e. The number of carbonyl (C=O) groups excluding carboxylic acids is 2. The van der Waals surface area contributed by atoms with Crippen LogP contribution in [0.4, 0.5) is 11.5 Å². The molecule has 0 bridgehead atoms. The van der Waals surface area contributed by atoms with Gasteiger partial charge in [-0.25, -0.2) is 0 Å². The van der Waals surface area contributed by atoms with E-state index in [1.807, 2.05) is 23.1 Å². The summed E-state index contributed by atoms with van der Waals surface area (Å²) in [6.07, 6.45) is 0.907. The van der Waals surface area contributed by atoms with Crippen LogP contribution < -0.4 is 10.6 Å². The van der Waals surface area contributed by atoms with E-state index in [4.69, 9.17) is 0 Å². The zero-order valence-electron chi connectivity index (χ0n) is 15.1. The summed E-state index contributed by atoms with van der Waals surface area (Å²) in [4.78, 5) is 27.8. The van der Waals surface area contributed by atoms with E-state index in [2.05, 4.69) is 32.3 Å². The fourth-order valence-corrected chi connectivity index (χ4v) is 3.89. The fraction of sp³-hybridized carbons (Fsp3) is 0.200. The smallest absolute Gasteiger partial charge is 0.276 e. The normalized spacial score (nSPS) is 12.9. The first kappa shape index (κ1) is 18.1. The highest BCUT2D eigenvalue weighted by Gasteiger charge is 2.21. The van der Waals surface area contributed by atoms with Gasteiger partial charge in [0, 0.05) is 23.7 Å². The molecule has 1 aliphatic rings. The molecule has 2 amide bonds. The van der Waals surface area contributed by atoms with Crippen molar-refractivity contribution in [3.05, 3.63) is 70.0 Å². The number of nitrogens with zero attached hydrogens (tertiary/aromatic N) is 3. The molecule has 2 aromatic heterocycles. The number of fused-ring (bicyclic) bond motifs is 1. The Hall–Kier alpha value is -3.26. The van der Waals surface area contributed by atoms with Crippen molar-refractivity contribution in [1.82, 2.24) is 15.1 Å². The summed E-state index contributed by atoms with van der Waals surface area (Å²) >= 11 is 1.75. The van der Waals surface area contributed by atoms with Crippen LogP contribution in [0.3, 0.4) is 0 Å². The third-order valence-corrected chi connectivity index (χ3v) is 5.53. The number of amides is 2. The van der Waals surface area contributed by atoms with Crippen molar-refractivity contribution >= 4 is 34.7 Å². The molecule has 7 nitrogen and oxygen atoms in total. The van der Waals surface area contributed by atoms with E-state index >= 15 is 0 Å². The molecular weight excluding hydrogens is 374 g/mol. The first-order chi connectivity index (χ1) is 13.7. The van der Waals surface area contributed by atoms with Gasteiger partial charge in [0.2, 0.25) is 5.91 Å². The van der Waals surface area contributed by atoms with Gasteiger partial charge in [-0.2, -0.15) is 0 Å². The standard InChI is InChI=1S/C20H19N5O2S/c26-19(25-10-8-17-14(13-25)9-11-28-17)12-21-18-7-6-16(23-24-18)20(27)22-15-4-2-1-3-5-15/h1-7,9,11H,8,10,12-13H2,(H,21,24)(H,22,27). The van der Waals surface area contributed by atoms with Gasteiger partial charge >= 0.3 is 0 Å². The Morgan fingerprint density at radius 3 is 2.71 bits per heavy atom. The second-order valence-corrected chi connectivity index (χ2v) is 7.41. The highest BCUT2D eigenvalue weighted by Crippen LogP contribution is 2.23. The molecule has 4 rings (SSSR count). The predicted octanol–water partition coefficient (Wildman–Crippen LogP) is 2.79. The first-order valence-electron chi connectivity index (χ1n) is 8.96. The Kier molecular flexibility index (Phi) is 5.29. The Morgan fingerprint density at radius 2 is 1.93 bits per heavy atom. The minimum absolute atomic E-state index is 0.0181. The average molecular weight is 393 g/mol. The molecule has 3 heterocycles. The van der Waals surface area contributed by atoms with Crippen molar-refractivity contribution in [2.24, 2.45) is 0 Å². The van der Waals surface area contributed by atoms with Gasteiger partial charge in [0.1, 0.15) is 5.82 Å². The molecule has 0 saturated heterocycles. The number of para-hydroxylation sites is 1. The van der Waals surface area contributed by atoms with Crippen LogP contribution in [0.15, 0.2) is 53.9 Å². The van der Waals surface area contributed by atoms with Crippen molar-refractivity contribution < 1.29 is 9.59 Å². The number of benzene rings is 1. The molecule has 3 aromatic rings. The van der Waals surface area contributed by atoms with Gasteiger partial charge in [0.05, 0.1) is 6.54 Å². The van der Waals surface area contributed by atoms with Gasteiger partial charge < -0.3 is 15.5 Å². The Balaban J connectivity index is 1.30. The third-order valence-electron chi connectivity index (χ3n) is 4.51. The second kappa shape index (κ2) is 8.18. The number of hydrogen-bond donors (Lipinski definition) is 2. The molecular formula is C20H19N5O2S. The van der Waals surface area contributed by atoms with E-state index in [0.717, 1.165) is 13.0 Å². The second-order valence-electron chi connectivity index (χ2n) is 6.41. The van der Waals surface area contributed by atoms with Crippen molar-refractivity contribution in [2.45, 2.75) is 13.0 Å². The molecule has 1 aliphatic heterocycles. The first-order valence-corrected chi connectivity index (χ1v) is 9.84. The van der Waals surface area contributed by atoms with Gasteiger partial charge in [0.25, 0.3) is 5.91 Å². The maximum Gasteiger partial charge on any atom is 0.276 e. The van der Waals surface area contributed by atoms with Gasteiger partial charge in [0.15, 0.2) is 5.69 Å². The molecule has 0 spiro atoms. The fourth-order valence-electron chi connectivity index (χ4n) is 3.00. The number of nitrogens with one attached hydrogen (secondary N) is 2. The number of aromatic nitrogens is 2. The van der Waals surface area contributed by atoms with Crippen LogP contribution in [-0.4, -0.2) is 40.0 Å². The topological polar surface area (TPSA) is 87.2 Å². The molecule has 2 N–H and O–H groups in total. The van der Waals surface area contributed by atoms with E-state index in [-0.39, 0.29) is 24.1 Å². The monoisotopic (exact) mass is 393 g/mol. The summed E-state index contributed by atoms with van der Waals surface area (Å²) in [6.45, 7) is 1.53. The summed E-state index contributed by atoms with van der Waals surface area (Å²) in [5.41, 5.74) is 2.14. The van der Waals surface area contributed by atoms with Crippen LogP contribution >= 0.6 is 11.3 Å². The van der Waals surface area contributed by atoms with E-state index in [0.29, 0.717) is 18.1 Å². The van der Waals surface area contributed by atoms with Gasteiger partial charge in [-0.15, -0.1) is 21.5 Å². The Labute approximate surface area is 166 Å². The molecule has 0 aliphatic carbocycles. The summed E-state index contributed by atoms with van der Waals surface area (Å²) in [6, 6.07) is 14.5. The zero-order valence-corrected chi connectivity index (χ0v) is 15.9. The number of carbonyl (C=O) groups is 2. The summed E-state index contributed by atoms with van der Waals surface area (Å²) < 4.78 is 0. The van der Waals surface area contributed by atoms with Gasteiger partial charge in [-0.3, -0.25) is 9.59 Å². The summed E-state index contributed by atoms with van der Waals surface area (Å²) in [5.74, 6) is 0.142. The predicted molar refractivity (Wildman–Crippen MR) is 108 cm³/mol. The maximum absolute atomic E-state index is 12.4. The highest BCUT2D eigenvalue weighted by atomic mass is 32.1. The zero-order chi connectivity index (χ0) is 19.3. The van der Waals surface area contributed by atoms with Crippen LogP contribution in [0.1, 0.15) is 20.9 Å². The number of thiophene rings is 1. The summed E-state index contributed by atoms with van der Waals surface area (Å²) in [5, 5.41) is 15.7. The SMILES string of the molecule is O=C(Nc1ccccc1)c1ccc(NCC(=O)N2CCc3sccc3C2)nn1. The van der Waals surface area contributed by atoms with Crippen molar-refractivity contribution in [3.8, 4) is 0 Å². The third kappa shape index (κ3) is 4.17. The minimum atomic E-state index is -0.332. The van der Waals surface area contributed by atoms with E-state index in [1.165, 1.54) is 10.4 Å². The molecule has 0 fully saturated rings. The lowest BCUT2D eigenvalue weighted by Crippen LogP contribution is -2.38. The molecule has 0 atom stereocenters. The van der Waals surface area contributed by atoms with Crippen molar-refractivity contribution in [2.75, 3.05) is 23.7 Å². The van der Waals surface area contributed by atoms with Crippen LogP contribution in [0, 0.1) is 0 Å². The van der Waals surface area contributed by atoms with Crippen molar-refractivity contribution in [1.29, 1.82) is 0 Å². The molecule has 0 saturated carbocycles.